The number of hydrogen-bond donors (Lipinski definition) is 0. The molecule has 1 heterocycles. The van der Waals surface area contributed by atoms with E-state index in [0.29, 0.717) is 11.8 Å². The van der Waals surface area contributed by atoms with Gasteiger partial charge in [0.15, 0.2) is 0 Å². The van der Waals surface area contributed by atoms with Crippen molar-refractivity contribution in [3.63, 3.8) is 0 Å². The third kappa shape index (κ3) is 3.40. The molecule has 0 radical (unpaired) electrons. The van der Waals surface area contributed by atoms with E-state index in [1.165, 1.54) is 18.5 Å². The zero-order valence-corrected chi connectivity index (χ0v) is 13.0. The Morgan fingerprint density at radius 3 is 3.00 bits per heavy atom. The number of halogens is 2. The highest BCUT2D eigenvalue weighted by Gasteiger charge is 2.21. The summed E-state index contributed by atoms with van der Waals surface area (Å²) in [7, 11) is 1.78. The second kappa shape index (κ2) is 6.78. The van der Waals surface area contributed by atoms with Gasteiger partial charge < -0.3 is 9.64 Å². The van der Waals surface area contributed by atoms with Crippen LogP contribution in [-0.4, -0.2) is 26.8 Å². The van der Waals surface area contributed by atoms with Crippen molar-refractivity contribution < 1.29 is 4.74 Å². The molecule has 1 aliphatic rings. The summed E-state index contributed by atoms with van der Waals surface area (Å²) in [6.07, 6.45) is 2.50. The quantitative estimate of drug-likeness (QED) is 0.771. The van der Waals surface area contributed by atoms with Gasteiger partial charge in [-0.2, -0.15) is 0 Å². The number of anilines is 1. The van der Waals surface area contributed by atoms with Gasteiger partial charge in [0.2, 0.25) is 0 Å². The number of methoxy groups -OCH3 is 1. The summed E-state index contributed by atoms with van der Waals surface area (Å²) in [5.41, 5.74) is 2.42. The molecule has 1 aromatic rings. The van der Waals surface area contributed by atoms with E-state index >= 15 is 0 Å². The Balaban J connectivity index is 2.10. The van der Waals surface area contributed by atoms with Gasteiger partial charge in [-0.3, -0.25) is 0 Å². The summed E-state index contributed by atoms with van der Waals surface area (Å²) in [4.78, 5) is 2.44. The van der Waals surface area contributed by atoms with Crippen molar-refractivity contribution in [2.75, 3.05) is 31.7 Å². The number of piperidine rings is 1. The fourth-order valence-electron chi connectivity index (χ4n) is 2.55. The number of alkyl halides is 1. The van der Waals surface area contributed by atoms with E-state index in [1.54, 1.807) is 7.11 Å². The van der Waals surface area contributed by atoms with Crippen molar-refractivity contribution in [1.82, 2.24) is 0 Å². The summed E-state index contributed by atoms with van der Waals surface area (Å²) in [6.45, 7) is 3.06. The Hall–Kier alpha value is -0.250. The summed E-state index contributed by atoms with van der Waals surface area (Å²) < 4.78 is 6.41. The molecule has 100 valence electrons. The van der Waals surface area contributed by atoms with Crippen molar-refractivity contribution in [2.24, 2.45) is 5.92 Å². The first-order chi connectivity index (χ1) is 8.74. The lowest BCUT2D eigenvalue weighted by Crippen LogP contribution is -2.37. The zero-order valence-electron chi connectivity index (χ0n) is 10.7. The zero-order chi connectivity index (χ0) is 13.0. The smallest absolute Gasteiger partial charge is 0.0510 e. The van der Waals surface area contributed by atoms with E-state index in [-0.39, 0.29) is 0 Å². The lowest BCUT2D eigenvalue weighted by Gasteiger charge is -2.34. The molecule has 1 aliphatic heterocycles. The average Bonchev–Trinajstić information content (AvgIpc) is 2.39. The van der Waals surface area contributed by atoms with E-state index in [9.17, 15) is 0 Å². The molecule has 0 aromatic heterocycles. The van der Waals surface area contributed by atoms with E-state index in [0.717, 1.165) is 29.7 Å². The summed E-state index contributed by atoms with van der Waals surface area (Å²) in [5, 5.41) is 0. The lowest BCUT2D eigenvalue weighted by molar-refractivity contribution is 0.143. The molecule has 1 aromatic carbocycles. The van der Waals surface area contributed by atoms with Crippen LogP contribution in [0, 0.1) is 5.92 Å². The Kier molecular flexibility index (Phi) is 5.34. The summed E-state index contributed by atoms with van der Waals surface area (Å²) in [5.74, 6) is 1.20. The number of ether oxygens (including phenoxy) is 1. The minimum atomic E-state index is 0.561. The maximum absolute atomic E-state index is 5.85. The molecule has 0 amide bonds. The predicted molar refractivity (Wildman–Crippen MR) is 80.5 cm³/mol. The van der Waals surface area contributed by atoms with Gasteiger partial charge in [-0.05, 0) is 52.4 Å². The van der Waals surface area contributed by atoms with Crippen LogP contribution in [0.5, 0.6) is 0 Å². The van der Waals surface area contributed by atoms with Gasteiger partial charge in [-0.25, -0.2) is 0 Å². The van der Waals surface area contributed by atoms with Crippen molar-refractivity contribution in [3.05, 3.63) is 28.2 Å². The Bertz CT molecular complexity index is 397. The van der Waals surface area contributed by atoms with E-state index in [1.807, 2.05) is 0 Å². The second-order valence-electron chi connectivity index (χ2n) is 4.83. The predicted octanol–water partition coefficient (Wildman–Crippen LogP) is 4.05. The Morgan fingerprint density at radius 1 is 1.50 bits per heavy atom. The van der Waals surface area contributed by atoms with Gasteiger partial charge in [0, 0.05) is 30.6 Å². The molecule has 1 saturated heterocycles. The molecule has 1 atom stereocenters. The normalized spacial score (nSPS) is 20.2. The molecule has 1 fully saturated rings. The van der Waals surface area contributed by atoms with Crippen LogP contribution in [0.25, 0.3) is 0 Å². The first-order valence-electron chi connectivity index (χ1n) is 6.33. The number of benzene rings is 1. The van der Waals surface area contributed by atoms with Crippen LogP contribution >= 0.6 is 27.5 Å². The van der Waals surface area contributed by atoms with Gasteiger partial charge in [0.05, 0.1) is 12.3 Å². The monoisotopic (exact) mass is 331 g/mol. The summed E-state index contributed by atoms with van der Waals surface area (Å²) in [6, 6.07) is 6.38. The molecule has 0 N–H and O–H groups in total. The van der Waals surface area contributed by atoms with Crippen molar-refractivity contribution >= 4 is 33.2 Å². The van der Waals surface area contributed by atoms with E-state index in [2.05, 4.69) is 39.0 Å². The minimum absolute atomic E-state index is 0.561. The highest BCUT2D eigenvalue weighted by molar-refractivity contribution is 9.10. The standard InChI is InChI=1S/C14H19BrClNO/c1-18-10-12-3-2-6-17(9-12)14-5-4-11(8-16)7-13(14)15/h4-5,7,12H,2-3,6,8-10H2,1H3. The van der Waals surface area contributed by atoms with Crippen molar-refractivity contribution in [1.29, 1.82) is 0 Å². The fraction of sp³-hybridized carbons (Fsp3) is 0.571. The number of rotatable bonds is 4. The van der Waals surface area contributed by atoms with Crippen LogP contribution in [0.2, 0.25) is 0 Å². The first kappa shape index (κ1) is 14.2. The Morgan fingerprint density at radius 2 is 2.33 bits per heavy atom. The molecular weight excluding hydrogens is 314 g/mol. The molecule has 0 bridgehead atoms. The molecule has 0 spiro atoms. The lowest BCUT2D eigenvalue weighted by atomic mass is 9.98. The van der Waals surface area contributed by atoms with Crippen LogP contribution in [0.15, 0.2) is 22.7 Å². The van der Waals surface area contributed by atoms with Crippen molar-refractivity contribution in [3.8, 4) is 0 Å². The van der Waals surface area contributed by atoms with E-state index in [4.69, 9.17) is 16.3 Å². The van der Waals surface area contributed by atoms with Crippen LogP contribution in [0.4, 0.5) is 5.69 Å². The van der Waals surface area contributed by atoms with Gasteiger partial charge in [0.1, 0.15) is 0 Å². The SMILES string of the molecule is COCC1CCCN(c2ccc(CCl)cc2Br)C1. The highest BCUT2D eigenvalue weighted by atomic mass is 79.9. The van der Waals surface area contributed by atoms with Gasteiger partial charge >= 0.3 is 0 Å². The minimum Gasteiger partial charge on any atom is -0.384 e. The topological polar surface area (TPSA) is 12.5 Å². The fourth-order valence-corrected chi connectivity index (χ4v) is 3.39. The third-order valence-corrected chi connectivity index (χ3v) is 4.37. The van der Waals surface area contributed by atoms with Crippen LogP contribution in [-0.2, 0) is 10.6 Å². The maximum Gasteiger partial charge on any atom is 0.0510 e. The van der Waals surface area contributed by atoms with Crippen LogP contribution < -0.4 is 4.90 Å². The maximum atomic E-state index is 5.85. The molecular formula is C14H19BrClNO. The van der Waals surface area contributed by atoms with Gasteiger partial charge in [-0.15, -0.1) is 11.6 Å². The third-order valence-electron chi connectivity index (χ3n) is 3.43. The molecule has 2 rings (SSSR count). The molecule has 0 aliphatic carbocycles. The molecule has 4 heteroatoms. The number of nitrogens with zero attached hydrogens (tertiary/aromatic N) is 1. The highest BCUT2D eigenvalue weighted by Crippen LogP contribution is 2.31. The molecule has 2 nitrogen and oxygen atoms in total. The van der Waals surface area contributed by atoms with E-state index < -0.39 is 0 Å². The first-order valence-corrected chi connectivity index (χ1v) is 7.65. The molecule has 18 heavy (non-hydrogen) atoms. The average molecular weight is 333 g/mol. The largest absolute Gasteiger partial charge is 0.384 e. The number of hydrogen-bond acceptors (Lipinski definition) is 2. The van der Waals surface area contributed by atoms with Crippen molar-refractivity contribution in [2.45, 2.75) is 18.7 Å². The van der Waals surface area contributed by atoms with Gasteiger partial charge in [0.25, 0.3) is 0 Å². The second-order valence-corrected chi connectivity index (χ2v) is 5.95. The van der Waals surface area contributed by atoms with Crippen LogP contribution in [0.1, 0.15) is 18.4 Å². The summed E-state index contributed by atoms with van der Waals surface area (Å²) >= 11 is 9.50. The molecule has 0 saturated carbocycles. The van der Waals surface area contributed by atoms with Crippen LogP contribution in [0.3, 0.4) is 0 Å². The Labute approximate surface area is 122 Å². The van der Waals surface area contributed by atoms with Gasteiger partial charge in [-0.1, -0.05) is 6.07 Å². The molecule has 1 unspecified atom stereocenters.